The van der Waals surface area contributed by atoms with Crippen molar-refractivity contribution in [2.45, 2.75) is 13.3 Å². The van der Waals surface area contributed by atoms with Crippen LogP contribution in [-0.4, -0.2) is 21.6 Å². The molecule has 0 aliphatic heterocycles. The third-order valence-corrected chi connectivity index (χ3v) is 2.71. The van der Waals surface area contributed by atoms with Gasteiger partial charge in [0.25, 0.3) is 0 Å². The topological polar surface area (TPSA) is 50.8 Å². The van der Waals surface area contributed by atoms with Crippen molar-refractivity contribution in [1.29, 1.82) is 0 Å². The Hall–Kier alpha value is -2.10. The van der Waals surface area contributed by atoms with Crippen molar-refractivity contribution in [3.63, 3.8) is 0 Å². The molecule has 0 fully saturated rings. The van der Waals surface area contributed by atoms with E-state index < -0.39 is 0 Å². The summed E-state index contributed by atoms with van der Waals surface area (Å²) in [5.41, 5.74) is 2.04. The van der Waals surface area contributed by atoms with Crippen LogP contribution < -0.4 is 4.74 Å². The zero-order valence-corrected chi connectivity index (χ0v) is 9.60. The van der Waals surface area contributed by atoms with Gasteiger partial charge in [0.1, 0.15) is 0 Å². The van der Waals surface area contributed by atoms with E-state index in [0.29, 0.717) is 12.5 Å². The van der Waals surface area contributed by atoms with E-state index in [2.05, 4.69) is 21.9 Å². The molecule has 0 bridgehead atoms. The van der Waals surface area contributed by atoms with Crippen molar-refractivity contribution in [3.05, 3.63) is 30.7 Å². The molecule has 0 spiro atoms. The average Bonchev–Trinajstić information content (AvgIpc) is 2.74. The summed E-state index contributed by atoms with van der Waals surface area (Å²) in [6.45, 7) is 2.78. The fraction of sp³-hybridized carbons (Fsp3) is 0.231. The first-order valence-corrected chi connectivity index (χ1v) is 5.72. The van der Waals surface area contributed by atoms with Gasteiger partial charge >= 0.3 is 0 Å². The molecule has 86 valence electrons. The molecule has 3 aromatic heterocycles. The number of aromatic amines is 1. The predicted molar refractivity (Wildman–Crippen MR) is 67.2 cm³/mol. The number of hydrogen-bond acceptors (Lipinski definition) is 3. The summed E-state index contributed by atoms with van der Waals surface area (Å²) in [6, 6.07) is 3.97. The molecule has 0 radical (unpaired) electrons. The number of nitrogens with zero attached hydrogens (tertiary/aromatic N) is 2. The van der Waals surface area contributed by atoms with Crippen molar-refractivity contribution < 1.29 is 4.74 Å². The molecule has 3 aromatic rings. The minimum absolute atomic E-state index is 0.678. The van der Waals surface area contributed by atoms with Crippen molar-refractivity contribution in [2.75, 3.05) is 6.61 Å². The van der Waals surface area contributed by atoms with Gasteiger partial charge in [-0.05, 0) is 12.5 Å². The van der Waals surface area contributed by atoms with Crippen LogP contribution in [0.15, 0.2) is 30.7 Å². The summed E-state index contributed by atoms with van der Waals surface area (Å²) in [5.74, 6) is 0.678. The van der Waals surface area contributed by atoms with Gasteiger partial charge in [-0.3, -0.25) is 4.98 Å². The second kappa shape index (κ2) is 4.05. The third-order valence-electron chi connectivity index (χ3n) is 2.71. The van der Waals surface area contributed by atoms with E-state index in [9.17, 15) is 0 Å². The second-order valence-corrected chi connectivity index (χ2v) is 3.96. The molecule has 0 atom stereocenters. The summed E-state index contributed by atoms with van der Waals surface area (Å²) in [6.07, 6.45) is 6.41. The molecule has 0 aliphatic carbocycles. The molecule has 0 saturated carbocycles. The van der Waals surface area contributed by atoms with E-state index in [0.717, 1.165) is 28.2 Å². The van der Waals surface area contributed by atoms with Gasteiger partial charge in [-0.1, -0.05) is 6.92 Å². The highest BCUT2D eigenvalue weighted by atomic mass is 16.5. The largest absolute Gasteiger partial charge is 0.478 e. The number of H-pyrrole nitrogens is 1. The number of hydrogen-bond donors (Lipinski definition) is 1. The Morgan fingerprint density at radius 1 is 1.24 bits per heavy atom. The van der Waals surface area contributed by atoms with Gasteiger partial charge in [-0.25, -0.2) is 4.98 Å². The molecule has 3 rings (SSSR count). The summed E-state index contributed by atoms with van der Waals surface area (Å²) in [4.78, 5) is 11.6. The van der Waals surface area contributed by atoms with Crippen LogP contribution in [0.5, 0.6) is 5.88 Å². The maximum Gasteiger partial charge on any atom is 0.213 e. The zero-order valence-electron chi connectivity index (χ0n) is 9.60. The van der Waals surface area contributed by atoms with E-state index in [4.69, 9.17) is 4.74 Å². The third kappa shape index (κ3) is 1.71. The first-order chi connectivity index (χ1) is 8.38. The Labute approximate surface area is 98.7 Å². The SMILES string of the molecule is CCCOc1cc2c(cn1)[nH]c1cnccc12. The first-order valence-electron chi connectivity index (χ1n) is 5.72. The van der Waals surface area contributed by atoms with Crippen LogP contribution in [-0.2, 0) is 0 Å². The maximum atomic E-state index is 5.54. The average molecular weight is 227 g/mol. The van der Waals surface area contributed by atoms with Gasteiger partial charge < -0.3 is 9.72 Å². The molecule has 0 unspecified atom stereocenters. The molecule has 1 N–H and O–H groups in total. The Balaban J connectivity index is 2.16. The van der Waals surface area contributed by atoms with Gasteiger partial charge in [0, 0.05) is 23.0 Å². The lowest BCUT2D eigenvalue weighted by molar-refractivity contribution is 0.306. The molecular formula is C13H13N3O. The Bertz CT molecular complexity index is 660. The lowest BCUT2D eigenvalue weighted by atomic mass is 10.2. The lowest BCUT2D eigenvalue weighted by Crippen LogP contribution is -1.96. The molecule has 4 nitrogen and oxygen atoms in total. The van der Waals surface area contributed by atoms with Gasteiger partial charge in [-0.2, -0.15) is 0 Å². The molecule has 4 heteroatoms. The quantitative estimate of drug-likeness (QED) is 0.748. The molecular weight excluding hydrogens is 214 g/mol. The molecule has 3 heterocycles. The van der Waals surface area contributed by atoms with Crippen molar-refractivity contribution in [3.8, 4) is 5.88 Å². The normalized spacial score (nSPS) is 11.1. The number of aromatic nitrogens is 3. The number of ether oxygens (including phenoxy) is 1. The zero-order chi connectivity index (χ0) is 11.7. The minimum atomic E-state index is 0.678. The monoisotopic (exact) mass is 227 g/mol. The summed E-state index contributed by atoms with van der Waals surface area (Å²) < 4.78 is 5.54. The number of pyridine rings is 2. The minimum Gasteiger partial charge on any atom is -0.478 e. The highest BCUT2D eigenvalue weighted by molar-refractivity contribution is 6.06. The molecule has 17 heavy (non-hydrogen) atoms. The predicted octanol–water partition coefficient (Wildman–Crippen LogP) is 2.90. The van der Waals surface area contributed by atoms with E-state index in [1.165, 1.54) is 0 Å². The van der Waals surface area contributed by atoms with Crippen LogP contribution in [0.25, 0.3) is 21.8 Å². The summed E-state index contributed by atoms with van der Waals surface area (Å²) >= 11 is 0. The van der Waals surface area contributed by atoms with E-state index in [-0.39, 0.29) is 0 Å². The summed E-state index contributed by atoms with van der Waals surface area (Å²) in [5, 5.41) is 2.28. The van der Waals surface area contributed by atoms with Gasteiger partial charge in [0.2, 0.25) is 5.88 Å². The van der Waals surface area contributed by atoms with Crippen molar-refractivity contribution in [1.82, 2.24) is 15.0 Å². The number of rotatable bonds is 3. The maximum absolute atomic E-state index is 5.54. The molecule has 0 saturated heterocycles. The number of fused-ring (bicyclic) bond motifs is 3. The van der Waals surface area contributed by atoms with Crippen LogP contribution >= 0.6 is 0 Å². The highest BCUT2D eigenvalue weighted by Gasteiger charge is 2.05. The van der Waals surface area contributed by atoms with Crippen LogP contribution in [0.2, 0.25) is 0 Å². The van der Waals surface area contributed by atoms with Gasteiger partial charge in [-0.15, -0.1) is 0 Å². The lowest BCUT2D eigenvalue weighted by Gasteiger charge is -2.02. The fourth-order valence-corrected chi connectivity index (χ4v) is 1.92. The van der Waals surface area contributed by atoms with E-state index in [1.54, 1.807) is 12.4 Å². The van der Waals surface area contributed by atoms with E-state index in [1.807, 2.05) is 18.3 Å². The molecule has 0 amide bonds. The van der Waals surface area contributed by atoms with Crippen molar-refractivity contribution >= 4 is 21.8 Å². The smallest absolute Gasteiger partial charge is 0.213 e. The standard InChI is InChI=1S/C13H13N3O/c1-2-5-17-13-6-10-9-3-4-14-7-11(9)16-12(10)8-15-13/h3-4,6-8,16H,2,5H2,1H3. The Kier molecular flexibility index (Phi) is 2.40. The number of nitrogens with one attached hydrogen (secondary N) is 1. The van der Waals surface area contributed by atoms with Crippen LogP contribution in [0.1, 0.15) is 13.3 Å². The molecule has 0 aromatic carbocycles. The second-order valence-electron chi connectivity index (χ2n) is 3.96. The Morgan fingerprint density at radius 3 is 3.00 bits per heavy atom. The highest BCUT2D eigenvalue weighted by Crippen LogP contribution is 2.26. The van der Waals surface area contributed by atoms with E-state index >= 15 is 0 Å². The van der Waals surface area contributed by atoms with Crippen LogP contribution in [0, 0.1) is 0 Å². The van der Waals surface area contributed by atoms with Gasteiger partial charge in [0.05, 0.1) is 30.0 Å². The van der Waals surface area contributed by atoms with Crippen LogP contribution in [0.4, 0.5) is 0 Å². The van der Waals surface area contributed by atoms with Crippen molar-refractivity contribution in [2.24, 2.45) is 0 Å². The first kappa shape index (κ1) is 10.1. The fourth-order valence-electron chi connectivity index (χ4n) is 1.92. The summed E-state index contributed by atoms with van der Waals surface area (Å²) in [7, 11) is 0. The molecule has 0 aliphatic rings. The van der Waals surface area contributed by atoms with Crippen LogP contribution in [0.3, 0.4) is 0 Å². The Morgan fingerprint density at radius 2 is 2.12 bits per heavy atom. The van der Waals surface area contributed by atoms with Gasteiger partial charge in [0.15, 0.2) is 0 Å².